The molecule has 0 fully saturated rings. The number of rotatable bonds is 3. The highest BCUT2D eigenvalue weighted by Crippen LogP contribution is 2.04. The van der Waals surface area contributed by atoms with E-state index < -0.39 is 5.72 Å². The summed E-state index contributed by atoms with van der Waals surface area (Å²) in [6, 6.07) is 0. The van der Waals surface area contributed by atoms with E-state index in [-0.39, 0.29) is 0 Å². The van der Waals surface area contributed by atoms with Crippen molar-refractivity contribution in [2.75, 3.05) is 6.61 Å². The molecule has 0 aromatic heterocycles. The predicted molar refractivity (Wildman–Crippen MR) is 34.5 cm³/mol. The largest absolute Gasteiger partial charge is 0.361 e. The molecule has 0 aromatic carbocycles. The van der Waals surface area contributed by atoms with Crippen LogP contribution in [-0.2, 0) is 4.74 Å². The zero-order valence-corrected chi connectivity index (χ0v) is 5.90. The topological polar surface area (TPSA) is 35.2 Å². The van der Waals surface area contributed by atoms with Gasteiger partial charge in [0.15, 0.2) is 0 Å². The lowest BCUT2D eigenvalue weighted by Crippen LogP contribution is -2.38. The molecule has 0 saturated carbocycles. The summed E-state index contributed by atoms with van der Waals surface area (Å²) in [6.45, 7) is 6.54. The van der Waals surface area contributed by atoms with Crippen molar-refractivity contribution in [3.63, 3.8) is 0 Å². The fourth-order valence-electron chi connectivity index (χ4n) is 0.432. The van der Waals surface area contributed by atoms with Crippen LogP contribution in [0.5, 0.6) is 0 Å². The minimum Gasteiger partial charge on any atom is -0.361 e. The molecule has 2 N–H and O–H groups in total. The first-order valence-corrected chi connectivity index (χ1v) is 3.05. The van der Waals surface area contributed by atoms with Crippen LogP contribution in [0.15, 0.2) is 0 Å². The third-order valence-electron chi connectivity index (χ3n) is 1.18. The molecular weight excluding hydrogens is 102 g/mol. The third kappa shape index (κ3) is 2.99. The zero-order valence-electron chi connectivity index (χ0n) is 5.90. The molecule has 0 amide bonds. The monoisotopic (exact) mass is 117 g/mol. The summed E-state index contributed by atoms with van der Waals surface area (Å²) in [5.74, 6) is 0. The molecule has 0 radical (unpaired) electrons. The van der Waals surface area contributed by atoms with E-state index in [0.29, 0.717) is 6.61 Å². The summed E-state index contributed by atoms with van der Waals surface area (Å²) in [4.78, 5) is 0. The smallest absolute Gasteiger partial charge is 0.113 e. The summed E-state index contributed by atoms with van der Waals surface area (Å²) < 4.78 is 5.16. The number of hydrogen-bond acceptors (Lipinski definition) is 2. The van der Waals surface area contributed by atoms with Gasteiger partial charge >= 0.3 is 0 Å². The van der Waals surface area contributed by atoms with Gasteiger partial charge in [0.2, 0.25) is 0 Å². The normalized spacial score (nSPS) is 18.0. The highest BCUT2D eigenvalue weighted by atomic mass is 16.5. The maximum atomic E-state index is 5.60. The zero-order chi connectivity index (χ0) is 6.62. The lowest BCUT2D eigenvalue weighted by Gasteiger charge is -2.21. The first kappa shape index (κ1) is 7.92. The standard InChI is InChI=1S/C6H15NO/c1-4-6(3,7)8-5-2/h4-5,7H2,1-3H3. The average molecular weight is 117 g/mol. The van der Waals surface area contributed by atoms with Crippen LogP contribution < -0.4 is 5.73 Å². The Labute approximate surface area is 51.0 Å². The van der Waals surface area contributed by atoms with Crippen molar-refractivity contribution in [3.05, 3.63) is 0 Å². The third-order valence-corrected chi connectivity index (χ3v) is 1.18. The first-order valence-electron chi connectivity index (χ1n) is 3.05. The number of hydrogen-bond donors (Lipinski definition) is 1. The molecule has 0 aliphatic carbocycles. The lowest BCUT2D eigenvalue weighted by molar-refractivity contribution is -0.0225. The van der Waals surface area contributed by atoms with Crippen molar-refractivity contribution in [1.29, 1.82) is 0 Å². The van der Waals surface area contributed by atoms with Gasteiger partial charge in [0.05, 0.1) is 0 Å². The Morgan fingerprint density at radius 1 is 1.50 bits per heavy atom. The summed E-state index contributed by atoms with van der Waals surface area (Å²) in [5, 5.41) is 0. The van der Waals surface area contributed by atoms with Crippen molar-refractivity contribution in [2.45, 2.75) is 32.9 Å². The number of nitrogens with two attached hydrogens (primary N) is 1. The van der Waals surface area contributed by atoms with Gasteiger partial charge in [-0.3, -0.25) is 0 Å². The Morgan fingerprint density at radius 2 is 2.00 bits per heavy atom. The second-order valence-corrected chi connectivity index (χ2v) is 2.10. The maximum Gasteiger partial charge on any atom is 0.113 e. The lowest BCUT2D eigenvalue weighted by atomic mass is 10.2. The predicted octanol–water partition coefficient (Wildman–Crippen LogP) is 1.11. The minimum absolute atomic E-state index is 0.408. The number of ether oxygens (including phenoxy) is 1. The van der Waals surface area contributed by atoms with Crippen molar-refractivity contribution in [3.8, 4) is 0 Å². The van der Waals surface area contributed by atoms with E-state index >= 15 is 0 Å². The molecule has 2 heteroatoms. The molecule has 8 heavy (non-hydrogen) atoms. The molecule has 0 bridgehead atoms. The SMILES string of the molecule is CCOC(C)(N)CC. The molecule has 0 aromatic rings. The van der Waals surface area contributed by atoms with Crippen molar-refractivity contribution >= 4 is 0 Å². The van der Waals surface area contributed by atoms with E-state index in [4.69, 9.17) is 10.5 Å². The summed E-state index contributed by atoms with van der Waals surface area (Å²) >= 11 is 0. The van der Waals surface area contributed by atoms with Crippen LogP contribution in [0.2, 0.25) is 0 Å². The minimum atomic E-state index is -0.408. The van der Waals surface area contributed by atoms with E-state index in [1.165, 1.54) is 0 Å². The molecule has 0 rings (SSSR count). The Bertz CT molecular complexity index is 61.5. The molecule has 0 aliphatic rings. The van der Waals surface area contributed by atoms with Crippen molar-refractivity contribution in [2.24, 2.45) is 5.73 Å². The molecule has 0 heterocycles. The molecule has 1 unspecified atom stereocenters. The van der Waals surface area contributed by atoms with E-state index in [0.717, 1.165) is 6.42 Å². The second-order valence-electron chi connectivity index (χ2n) is 2.10. The van der Waals surface area contributed by atoms with Crippen LogP contribution in [-0.4, -0.2) is 12.3 Å². The van der Waals surface area contributed by atoms with Crippen molar-refractivity contribution in [1.82, 2.24) is 0 Å². The van der Waals surface area contributed by atoms with E-state index in [2.05, 4.69) is 0 Å². The van der Waals surface area contributed by atoms with Gasteiger partial charge < -0.3 is 10.5 Å². The Hall–Kier alpha value is -0.0800. The maximum absolute atomic E-state index is 5.60. The highest BCUT2D eigenvalue weighted by molar-refractivity contribution is 4.61. The van der Waals surface area contributed by atoms with Gasteiger partial charge in [-0.2, -0.15) is 0 Å². The Morgan fingerprint density at radius 3 is 2.12 bits per heavy atom. The van der Waals surface area contributed by atoms with E-state index in [1.54, 1.807) is 0 Å². The van der Waals surface area contributed by atoms with Gasteiger partial charge in [0.25, 0.3) is 0 Å². The quantitative estimate of drug-likeness (QED) is 0.562. The van der Waals surface area contributed by atoms with Crippen LogP contribution in [0.4, 0.5) is 0 Å². The van der Waals surface area contributed by atoms with Gasteiger partial charge in [-0.05, 0) is 20.3 Å². The average Bonchev–Trinajstić information content (AvgIpc) is 1.67. The van der Waals surface area contributed by atoms with Crippen LogP contribution in [0.1, 0.15) is 27.2 Å². The molecular formula is C6H15NO. The molecule has 50 valence electrons. The molecule has 0 spiro atoms. The van der Waals surface area contributed by atoms with Gasteiger partial charge in [-0.15, -0.1) is 0 Å². The molecule has 2 nitrogen and oxygen atoms in total. The fourth-order valence-corrected chi connectivity index (χ4v) is 0.432. The van der Waals surface area contributed by atoms with Gasteiger partial charge in [0, 0.05) is 6.61 Å². The van der Waals surface area contributed by atoms with Crippen molar-refractivity contribution < 1.29 is 4.74 Å². The summed E-state index contributed by atoms with van der Waals surface area (Å²) in [6.07, 6.45) is 0.862. The molecule has 1 atom stereocenters. The summed E-state index contributed by atoms with van der Waals surface area (Å²) in [7, 11) is 0. The molecule has 0 aliphatic heterocycles. The fraction of sp³-hybridized carbons (Fsp3) is 1.00. The van der Waals surface area contributed by atoms with Crippen LogP contribution in [0.3, 0.4) is 0 Å². The highest BCUT2D eigenvalue weighted by Gasteiger charge is 2.13. The molecule has 0 saturated heterocycles. The first-order chi connectivity index (χ1) is 3.62. The van der Waals surface area contributed by atoms with Crippen LogP contribution in [0.25, 0.3) is 0 Å². The van der Waals surface area contributed by atoms with Crippen LogP contribution in [0, 0.1) is 0 Å². The summed E-state index contributed by atoms with van der Waals surface area (Å²) in [5.41, 5.74) is 5.20. The Balaban J connectivity index is 3.37. The van der Waals surface area contributed by atoms with E-state index in [1.807, 2.05) is 20.8 Å². The van der Waals surface area contributed by atoms with Crippen LogP contribution >= 0.6 is 0 Å². The van der Waals surface area contributed by atoms with Gasteiger partial charge in [0.1, 0.15) is 5.72 Å². The Kier molecular flexibility index (Phi) is 3.02. The second kappa shape index (κ2) is 3.05. The van der Waals surface area contributed by atoms with Gasteiger partial charge in [-0.1, -0.05) is 6.92 Å². The van der Waals surface area contributed by atoms with Gasteiger partial charge in [-0.25, -0.2) is 0 Å². The van der Waals surface area contributed by atoms with E-state index in [9.17, 15) is 0 Å².